The second kappa shape index (κ2) is 6.34. The predicted molar refractivity (Wildman–Crippen MR) is 78.7 cm³/mol. The van der Waals surface area contributed by atoms with Crippen molar-refractivity contribution in [3.05, 3.63) is 22.2 Å². The van der Waals surface area contributed by atoms with Gasteiger partial charge in [-0.1, -0.05) is 6.92 Å². The molecule has 21 heavy (non-hydrogen) atoms. The number of carbonyl (C=O) groups excluding carboxylic acids is 1. The first-order valence-electron chi connectivity index (χ1n) is 6.56. The van der Waals surface area contributed by atoms with Gasteiger partial charge in [0.15, 0.2) is 11.5 Å². The molecule has 1 aromatic carbocycles. The Hall–Kier alpha value is -1.76. The average molecular weight is 358 g/mol. The normalized spacial score (nSPS) is 13.9. The van der Waals surface area contributed by atoms with E-state index < -0.39 is 5.97 Å². The number of rotatable bonds is 5. The van der Waals surface area contributed by atoms with Crippen LogP contribution in [-0.4, -0.2) is 41.3 Å². The lowest BCUT2D eigenvalue weighted by Gasteiger charge is -2.27. The number of aliphatic carboxylic acids is 1. The third-order valence-electron chi connectivity index (χ3n) is 3.36. The van der Waals surface area contributed by atoms with Gasteiger partial charge in [-0.3, -0.25) is 9.59 Å². The molecule has 2 rings (SSSR count). The Morgan fingerprint density at radius 1 is 1.43 bits per heavy atom. The summed E-state index contributed by atoms with van der Waals surface area (Å²) in [7, 11) is 0. The molecular weight excluding hydrogens is 342 g/mol. The molecule has 7 heteroatoms. The molecule has 1 aliphatic rings. The van der Waals surface area contributed by atoms with Crippen molar-refractivity contribution in [3.63, 3.8) is 0 Å². The first kappa shape index (κ1) is 15.6. The van der Waals surface area contributed by atoms with E-state index in [2.05, 4.69) is 15.9 Å². The fourth-order valence-corrected chi connectivity index (χ4v) is 2.61. The quantitative estimate of drug-likeness (QED) is 0.875. The number of hydrogen-bond acceptors (Lipinski definition) is 4. The van der Waals surface area contributed by atoms with Crippen LogP contribution in [0.15, 0.2) is 16.6 Å². The third-order valence-corrected chi connectivity index (χ3v) is 3.95. The molecule has 0 aliphatic carbocycles. The molecule has 0 bridgehead atoms. The molecular formula is C14H16BrNO5. The van der Waals surface area contributed by atoms with Crippen molar-refractivity contribution in [1.82, 2.24) is 4.90 Å². The summed E-state index contributed by atoms with van der Waals surface area (Å²) in [4.78, 5) is 24.9. The van der Waals surface area contributed by atoms with Gasteiger partial charge in [-0.2, -0.15) is 0 Å². The number of ether oxygens (including phenoxy) is 2. The molecule has 1 amide bonds. The van der Waals surface area contributed by atoms with Gasteiger partial charge in [0, 0.05) is 11.6 Å². The average Bonchev–Trinajstić information content (AvgIpc) is 2.91. The van der Waals surface area contributed by atoms with Crippen molar-refractivity contribution < 1.29 is 24.2 Å². The van der Waals surface area contributed by atoms with E-state index >= 15 is 0 Å². The van der Waals surface area contributed by atoms with Crippen LogP contribution in [0.4, 0.5) is 0 Å². The zero-order valence-corrected chi connectivity index (χ0v) is 13.3. The van der Waals surface area contributed by atoms with Crippen molar-refractivity contribution in [2.24, 2.45) is 0 Å². The van der Waals surface area contributed by atoms with Gasteiger partial charge in [-0.25, -0.2) is 0 Å². The predicted octanol–water partition coefficient (Wildman–Crippen LogP) is 2.50. The van der Waals surface area contributed by atoms with Crippen LogP contribution in [0.2, 0.25) is 0 Å². The first-order valence-corrected chi connectivity index (χ1v) is 7.35. The summed E-state index contributed by atoms with van der Waals surface area (Å²) in [6.07, 6.45) is 0.671. The SMILES string of the molecule is CCC(C)N(CC(=O)O)C(=O)c1cc(Br)c2c(c1)OCO2. The van der Waals surface area contributed by atoms with E-state index in [-0.39, 0.29) is 25.3 Å². The van der Waals surface area contributed by atoms with Gasteiger partial charge in [0.25, 0.3) is 5.91 Å². The summed E-state index contributed by atoms with van der Waals surface area (Å²) in [6.45, 7) is 3.50. The monoisotopic (exact) mass is 357 g/mol. The largest absolute Gasteiger partial charge is 0.480 e. The highest BCUT2D eigenvalue weighted by Crippen LogP contribution is 2.40. The van der Waals surface area contributed by atoms with Gasteiger partial charge in [0.1, 0.15) is 6.54 Å². The third kappa shape index (κ3) is 3.29. The van der Waals surface area contributed by atoms with Gasteiger partial charge in [-0.05, 0) is 41.4 Å². The van der Waals surface area contributed by atoms with Crippen LogP contribution in [0.25, 0.3) is 0 Å². The Bertz CT molecular complexity index is 575. The lowest BCUT2D eigenvalue weighted by Crippen LogP contribution is -2.41. The highest BCUT2D eigenvalue weighted by atomic mass is 79.9. The van der Waals surface area contributed by atoms with Crippen LogP contribution in [0.5, 0.6) is 11.5 Å². The number of carbonyl (C=O) groups is 2. The van der Waals surface area contributed by atoms with Crippen molar-refractivity contribution in [2.75, 3.05) is 13.3 Å². The Kier molecular flexibility index (Phi) is 4.72. The lowest BCUT2D eigenvalue weighted by molar-refractivity contribution is -0.138. The minimum atomic E-state index is -1.04. The number of nitrogens with zero attached hydrogens (tertiary/aromatic N) is 1. The number of benzene rings is 1. The van der Waals surface area contributed by atoms with Crippen molar-refractivity contribution >= 4 is 27.8 Å². The fourth-order valence-electron chi connectivity index (χ4n) is 2.05. The Morgan fingerprint density at radius 2 is 2.14 bits per heavy atom. The van der Waals surface area contributed by atoms with Gasteiger partial charge < -0.3 is 19.5 Å². The second-order valence-corrected chi connectivity index (χ2v) is 5.63. The fraction of sp³-hybridized carbons (Fsp3) is 0.429. The van der Waals surface area contributed by atoms with Crippen molar-refractivity contribution in [3.8, 4) is 11.5 Å². The molecule has 0 aromatic heterocycles. The molecule has 0 saturated carbocycles. The van der Waals surface area contributed by atoms with Crippen LogP contribution >= 0.6 is 15.9 Å². The summed E-state index contributed by atoms with van der Waals surface area (Å²) in [6, 6.07) is 3.03. The van der Waals surface area contributed by atoms with E-state index in [9.17, 15) is 9.59 Å². The van der Waals surface area contributed by atoms with Crippen LogP contribution in [0.3, 0.4) is 0 Å². The topological polar surface area (TPSA) is 76.1 Å². The number of fused-ring (bicyclic) bond motifs is 1. The highest BCUT2D eigenvalue weighted by Gasteiger charge is 2.26. The number of carboxylic acid groups (broad SMARTS) is 1. The van der Waals surface area contributed by atoms with E-state index in [1.165, 1.54) is 4.90 Å². The molecule has 1 aliphatic heterocycles. The molecule has 6 nitrogen and oxygen atoms in total. The Labute approximate surface area is 130 Å². The van der Waals surface area contributed by atoms with Gasteiger partial charge in [0.2, 0.25) is 6.79 Å². The molecule has 0 saturated heterocycles. The molecule has 114 valence electrons. The van der Waals surface area contributed by atoms with Crippen molar-refractivity contribution in [1.29, 1.82) is 0 Å². The smallest absolute Gasteiger partial charge is 0.323 e. The number of amides is 1. The van der Waals surface area contributed by atoms with E-state index in [4.69, 9.17) is 14.6 Å². The summed E-state index contributed by atoms with van der Waals surface area (Å²) < 4.78 is 11.2. The Morgan fingerprint density at radius 3 is 2.76 bits per heavy atom. The van der Waals surface area contributed by atoms with E-state index in [0.29, 0.717) is 28.0 Å². The maximum absolute atomic E-state index is 12.6. The maximum Gasteiger partial charge on any atom is 0.323 e. The first-order chi connectivity index (χ1) is 9.93. The molecule has 0 spiro atoms. The van der Waals surface area contributed by atoms with Crippen LogP contribution < -0.4 is 9.47 Å². The summed E-state index contributed by atoms with van der Waals surface area (Å²) in [5, 5.41) is 8.99. The number of halogens is 1. The standard InChI is InChI=1S/C14H16BrNO5/c1-3-8(2)16(6-12(17)18)14(19)9-4-10(15)13-11(5-9)20-7-21-13/h4-5,8H,3,6-7H2,1-2H3,(H,17,18). The molecule has 0 radical (unpaired) electrons. The summed E-state index contributed by atoms with van der Waals surface area (Å²) in [5.74, 6) is -0.346. The van der Waals surface area contributed by atoms with E-state index in [1.54, 1.807) is 12.1 Å². The molecule has 0 fully saturated rings. The molecule has 1 aromatic rings. The van der Waals surface area contributed by atoms with Crippen LogP contribution in [0, 0.1) is 0 Å². The maximum atomic E-state index is 12.6. The van der Waals surface area contributed by atoms with Crippen LogP contribution in [0.1, 0.15) is 30.6 Å². The molecule has 1 unspecified atom stereocenters. The van der Waals surface area contributed by atoms with E-state index in [0.717, 1.165) is 0 Å². The zero-order valence-electron chi connectivity index (χ0n) is 11.8. The molecule has 1 atom stereocenters. The minimum Gasteiger partial charge on any atom is -0.480 e. The lowest BCUT2D eigenvalue weighted by atomic mass is 10.1. The Balaban J connectivity index is 2.32. The molecule has 1 heterocycles. The summed E-state index contributed by atoms with van der Waals surface area (Å²) in [5.41, 5.74) is 0.368. The minimum absolute atomic E-state index is 0.107. The van der Waals surface area contributed by atoms with Gasteiger partial charge >= 0.3 is 5.97 Å². The second-order valence-electron chi connectivity index (χ2n) is 4.78. The number of hydrogen-bond donors (Lipinski definition) is 1. The van der Waals surface area contributed by atoms with Gasteiger partial charge in [-0.15, -0.1) is 0 Å². The van der Waals surface area contributed by atoms with E-state index in [1.807, 2.05) is 13.8 Å². The zero-order chi connectivity index (χ0) is 15.6. The summed E-state index contributed by atoms with van der Waals surface area (Å²) >= 11 is 3.33. The highest BCUT2D eigenvalue weighted by molar-refractivity contribution is 9.10. The van der Waals surface area contributed by atoms with Crippen molar-refractivity contribution in [2.45, 2.75) is 26.3 Å². The molecule has 1 N–H and O–H groups in total. The number of carboxylic acids is 1. The van der Waals surface area contributed by atoms with Crippen LogP contribution in [-0.2, 0) is 4.79 Å². The van der Waals surface area contributed by atoms with Gasteiger partial charge in [0.05, 0.1) is 4.47 Å².